The highest BCUT2D eigenvalue weighted by Gasteiger charge is 2.51. The van der Waals surface area contributed by atoms with Gasteiger partial charge in [0.25, 0.3) is 0 Å². The predicted molar refractivity (Wildman–Crippen MR) is 74.4 cm³/mol. The first kappa shape index (κ1) is 14.3. The Morgan fingerprint density at radius 1 is 1.26 bits per heavy atom. The van der Waals surface area contributed by atoms with Gasteiger partial charge in [0.1, 0.15) is 0 Å². The molecule has 5 nitrogen and oxygen atoms in total. The maximum absolute atomic E-state index is 5.98. The summed E-state index contributed by atoms with van der Waals surface area (Å²) < 4.78 is 17.1. The zero-order chi connectivity index (χ0) is 14.3. The second kappa shape index (κ2) is 4.78. The molecule has 19 heavy (non-hydrogen) atoms. The summed E-state index contributed by atoms with van der Waals surface area (Å²) >= 11 is 0. The van der Waals surface area contributed by atoms with Gasteiger partial charge in [0.15, 0.2) is 0 Å². The van der Waals surface area contributed by atoms with Crippen molar-refractivity contribution < 1.29 is 14.0 Å². The molecule has 1 aromatic rings. The summed E-state index contributed by atoms with van der Waals surface area (Å²) in [6.07, 6.45) is 1.71. The second-order valence-electron chi connectivity index (χ2n) is 5.73. The van der Waals surface area contributed by atoms with Crippen molar-refractivity contribution in [3.05, 3.63) is 17.8 Å². The van der Waals surface area contributed by atoms with E-state index in [2.05, 4.69) is 4.98 Å². The van der Waals surface area contributed by atoms with Crippen LogP contribution in [0.15, 0.2) is 12.3 Å². The third kappa shape index (κ3) is 2.48. The molecule has 0 bridgehead atoms. The van der Waals surface area contributed by atoms with Gasteiger partial charge in [0.05, 0.1) is 18.3 Å². The maximum Gasteiger partial charge on any atom is 0.496 e. The first-order valence-electron chi connectivity index (χ1n) is 6.39. The summed E-state index contributed by atoms with van der Waals surface area (Å²) in [6, 6.07) is 1.92. The number of ether oxygens (including phenoxy) is 1. The first-order valence-corrected chi connectivity index (χ1v) is 6.39. The molecular weight excluding hydrogens is 243 g/mol. The van der Waals surface area contributed by atoms with E-state index in [0.717, 1.165) is 11.0 Å². The Bertz CT molecular complexity index is 461. The van der Waals surface area contributed by atoms with E-state index in [1.807, 2.05) is 33.8 Å². The summed E-state index contributed by atoms with van der Waals surface area (Å²) in [4.78, 5) is 4.25. The number of rotatable bonds is 3. The third-order valence-electron chi connectivity index (χ3n) is 3.89. The summed E-state index contributed by atoms with van der Waals surface area (Å²) in [5, 5.41) is 0. The fourth-order valence-electron chi connectivity index (χ4n) is 1.95. The van der Waals surface area contributed by atoms with Gasteiger partial charge in [-0.05, 0) is 27.7 Å². The van der Waals surface area contributed by atoms with Crippen LogP contribution in [0.3, 0.4) is 0 Å². The lowest BCUT2D eigenvalue weighted by Crippen LogP contribution is -2.41. The number of hydrogen-bond acceptors (Lipinski definition) is 5. The molecule has 1 aliphatic heterocycles. The SMILES string of the molecule is COc1ncc(B2OC(C)(C)C(C)(C)O2)cc1CN. The topological polar surface area (TPSA) is 66.6 Å². The standard InChI is InChI=1S/C13H21BN2O3/c1-12(2)13(3,4)19-14(18-12)10-6-9(7-15)11(17-5)16-8-10/h6,8H,7,15H2,1-5H3. The van der Waals surface area contributed by atoms with Crippen LogP contribution in [0.25, 0.3) is 0 Å². The van der Waals surface area contributed by atoms with Crippen molar-refractivity contribution in [3.8, 4) is 5.88 Å². The zero-order valence-corrected chi connectivity index (χ0v) is 12.2. The molecule has 0 saturated carbocycles. The number of hydrogen-bond donors (Lipinski definition) is 1. The summed E-state index contributed by atoms with van der Waals surface area (Å²) in [5.74, 6) is 0.544. The maximum atomic E-state index is 5.98. The van der Waals surface area contributed by atoms with E-state index >= 15 is 0 Å². The largest absolute Gasteiger partial charge is 0.496 e. The van der Waals surface area contributed by atoms with Crippen LogP contribution in [0, 0.1) is 0 Å². The molecule has 0 atom stereocenters. The number of methoxy groups -OCH3 is 1. The van der Waals surface area contributed by atoms with Gasteiger partial charge in [0, 0.05) is 23.8 Å². The average Bonchev–Trinajstić information content (AvgIpc) is 2.57. The van der Waals surface area contributed by atoms with E-state index in [1.54, 1.807) is 13.3 Å². The lowest BCUT2D eigenvalue weighted by Gasteiger charge is -2.32. The van der Waals surface area contributed by atoms with Crippen molar-refractivity contribution in [1.82, 2.24) is 4.98 Å². The van der Waals surface area contributed by atoms with Crippen LogP contribution in [0.1, 0.15) is 33.3 Å². The van der Waals surface area contributed by atoms with Crippen LogP contribution < -0.4 is 15.9 Å². The van der Waals surface area contributed by atoms with Gasteiger partial charge in [-0.3, -0.25) is 0 Å². The second-order valence-corrected chi connectivity index (χ2v) is 5.73. The summed E-state index contributed by atoms with van der Waals surface area (Å²) in [6.45, 7) is 8.45. The van der Waals surface area contributed by atoms with E-state index in [0.29, 0.717) is 12.4 Å². The first-order chi connectivity index (χ1) is 8.80. The van der Waals surface area contributed by atoms with Crippen molar-refractivity contribution in [2.45, 2.75) is 45.4 Å². The third-order valence-corrected chi connectivity index (χ3v) is 3.89. The molecular formula is C13H21BN2O3. The number of aromatic nitrogens is 1. The van der Waals surface area contributed by atoms with Crippen molar-refractivity contribution in [3.63, 3.8) is 0 Å². The molecule has 1 aromatic heterocycles. The van der Waals surface area contributed by atoms with Gasteiger partial charge >= 0.3 is 7.12 Å². The van der Waals surface area contributed by atoms with Crippen molar-refractivity contribution >= 4 is 12.6 Å². The molecule has 0 aromatic carbocycles. The summed E-state index contributed by atoms with van der Waals surface area (Å²) in [5.41, 5.74) is 6.68. The fourth-order valence-corrected chi connectivity index (χ4v) is 1.95. The molecule has 0 aliphatic carbocycles. The Hall–Kier alpha value is -1.11. The monoisotopic (exact) mass is 264 g/mol. The van der Waals surface area contributed by atoms with Crippen LogP contribution >= 0.6 is 0 Å². The van der Waals surface area contributed by atoms with Crippen LogP contribution in [-0.2, 0) is 15.9 Å². The minimum Gasteiger partial charge on any atom is -0.481 e. The molecule has 2 rings (SSSR count). The Morgan fingerprint density at radius 2 is 1.84 bits per heavy atom. The zero-order valence-electron chi connectivity index (χ0n) is 12.2. The number of pyridine rings is 1. The lowest BCUT2D eigenvalue weighted by atomic mass is 9.79. The molecule has 0 spiro atoms. The number of nitrogens with zero attached hydrogens (tertiary/aromatic N) is 1. The van der Waals surface area contributed by atoms with Gasteiger partial charge in [-0.15, -0.1) is 0 Å². The van der Waals surface area contributed by atoms with E-state index in [1.165, 1.54) is 0 Å². The molecule has 104 valence electrons. The Morgan fingerprint density at radius 3 is 2.32 bits per heavy atom. The molecule has 2 heterocycles. The highest BCUT2D eigenvalue weighted by molar-refractivity contribution is 6.62. The van der Waals surface area contributed by atoms with Crippen LogP contribution in [0.5, 0.6) is 5.88 Å². The highest BCUT2D eigenvalue weighted by atomic mass is 16.7. The van der Waals surface area contributed by atoms with Crippen molar-refractivity contribution in [1.29, 1.82) is 0 Å². The summed E-state index contributed by atoms with van der Waals surface area (Å²) in [7, 11) is 1.16. The molecule has 1 fully saturated rings. The molecule has 6 heteroatoms. The van der Waals surface area contributed by atoms with Crippen molar-refractivity contribution in [2.24, 2.45) is 5.73 Å². The van der Waals surface area contributed by atoms with Gasteiger partial charge in [0.2, 0.25) is 5.88 Å². The van der Waals surface area contributed by atoms with E-state index in [-0.39, 0.29) is 11.2 Å². The van der Waals surface area contributed by atoms with E-state index in [4.69, 9.17) is 19.8 Å². The van der Waals surface area contributed by atoms with Gasteiger partial charge < -0.3 is 19.8 Å². The number of nitrogens with two attached hydrogens (primary N) is 1. The molecule has 0 radical (unpaired) electrons. The molecule has 0 amide bonds. The average molecular weight is 264 g/mol. The lowest BCUT2D eigenvalue weighted by molar-refractivity contribution is 0.00578. The van der Waals surface area contributed by atoms with E-state index < -0.39 is 7.12 Å². The predicted octanol–water partition coefficient (Wildman–Crippen LogP) is 0.848. The smallest absolute Gasteiger partial charge is 0.481 e. The Kier molecular flexibility index (Phi) is 3.60. The highest BCUT2D eigenvalue weighted by Crippen LogP contribution is 2.36. The van der Waals surface area contributed by atoms with Crippen LogP contribution in [0.2, 0.25) is 0 Å². The quantitative estimate of drug-likeness (QED) is 0.820. The Balaban J connectivity index is 2.30. The molecule has 2 N–H and O–H groups in total. The molecule has 0 unspecified atom stereocenters. The van der Waals surface area contributed by atoms with Gasteiger partial charge in [-0.1, -0.05) is 6.07 Å². The van der Waals surface area contributed by atoms with E-state index in [9.17, 15) is 0 Å². The Labute approximate surface area is 114 Å². The van der Waals surface area contributed by atoms with Crippen LogP contribution in [-0.4, -0.2) is 30.4 Å². The van der Waals surface area contributed by atoms with Crippen LogP contribution in [0.4, 0.5) is 0 Å². The fraction of sp³-hybridized carbons (Fsp3) is 0.615. The minimum absolute atomic E-state index is 0.361. The molecule has 1 saturated heterocycles. The van der Waals surface area contributed by atoms with Crippen molar-refractivity contribution in [2.75, 3.05) is 7.11 Å². The minimum atomic E-state index is -0.422. The normalized spacial score (nSPS) is 20.6. The van der Waals surface area contributed by atoms with Gasteiger partial charge in [-0.2, -0.15) is 0 Å². The molecule has 1 aliphatic rings. The van der Waals surface area contributed by atoms with Gasteiger partial charge in [-0.25, -0.2) is 4.98 Å².